The molecule has 0 saturated heterocycles. The molecule has 1 aliphatic carbocycles. The Morgan fingerprint density at radius 3 is 2.72 bits per heavy atom. The van der Waals surface area contributed by atoms with E-state index in [9.17, 15) is 0 Å². The summed E-state index contributed by atoms with van der Waals surface area (Å²) in [5.41, 5.74) is 7.70. The fourth-order valence-corrected chi connectivity index (χ4v) is 3.20. The smallest absolute Gasteiger partial charge is 0.124 e. The Labute approximate surface area is 111 Å². The van der Waals surface area contributed by atoms with Crippen molar-refractivity contribution in [1.29, 1.82) is 0 Å². The second kappa shape index (κ2) is 5.31. The molecule has 2 heteroatoms. The van der Waals surface area contributed by atoms with Crippen molar-refractivity contribution in [2.75, 3.05) is 6.61 Å². The lowest BCUT2D eigenvalue weighted by molar-refractivity contribution is 0.159. The third-order valence-electron chi connectivity index (χ3n) is 4.37. The van der Waals surface area contributed by atoms with Crippen molar-refractivity contribution in [2.24, 2.45) is 17.6 Å². The number of para-hydroxylation sites is 1. The minimum Gasteiger partial charge on any atom is -0.494 e. The molecule has 0 bridgehead atoms. The second-order valence-corrected chi connectivity index (χ2v) is 5.75. The highest BCUT2D eigenvalue weighted by molar-refractivity contribution is 5.39. The van der Waals surface area contributed by atoms with E-state index in [0.717, 1.165) is 18.1 Å². The Hall–Kier alpha value is -1.02. The van der Waals surface area contributed by atoms with E-state index in [2.05, 4.69) is 26.0 Å². The van der Waals surface area contributed by atoms with E-state index < -0.39 is 0 Å². The van der Waals surface area contributed by atoms with Gasteiger partial charge in [-0.05, 0) is 44.1 Å². The Bertz CT molecular complexity index is 404. The van der Waals surface area contributed by atoms with Crippen molar-refractivity contribution in [1.82, 2.24) is 0 Å². The van der Waals surface area contributed by atoms with Gasteiger partial charge in [-0.3, -0.25) is 0 Å². The van der Waals surface area contributed by atoms with Crippen molar-refractivity contribution >= 4 is 0 Å². The number of hydrogen-bond donors (Lipinski definition) is 1. The number of nitrogens with two attached hydrogens (primary N) is 1. The van der Waals surface area contributed by atoms with Gasteiger partial charge in [-0.25, -0.2) is 0 Å². The molecule has 1 aromatic rings. The van der Waals surface area contributed by atoms with Crippen molar-refractivity contribution in [2.45, 2.75) is 45.6 Å². The molecule has 3 atom stereocenters. The fourth-order valence-electron chi connectivity index (χ4n) is 3.20. The molecule has 0 radical (unpaired) electrons. The van der Waals surface area contributed by atoms with Crippen LogP contribution in [-0.4, -0.2) is 6.61 Å². The molecule has 18 heavy (non-hydrogen) atoms. The number of ether oxygens (including phenoxy) is 1. The quantitative estimate of drug-likeness (QED) is 0.884. The average Bonchev–Trinajstić information content (AvgIpc) is 2.35. The molecule has 0 aliphatic heterocycles. The first-order chi connectivity index (χ1) is 8.58. The van der Waals surface area contributed by atoms with Crippen molar-refractivity contribution in [3.05, 3.63) is 29.8 Å². The van der Waals surface area contributed by atoms with Crippen LogP contribution in [0.15, 0.2) is 24.3 Å². The number of hydrogen-bond acceptors (Lipinski definition) is 2. The zero-order valence-electron chi connectivity index (χ0n) is 11.8. The van der Waals surface area contributed by atoms with Crippen molar-refractivity contribution in [3.8, 4) is 5.75 Å². The van der Waals surface area contributed by atoms with E-state index in [0.29, 0.717) is 12.5 Å². The summed E-state index contributed by atoms with van der Waals surface area (Å²) in [5, 5.41) is 0. The van der Waals surface area contributed by atoms with Gasteiger partial charge in [0.05, 0.1) is 6.61 Å². The Morgan fingerprint density at radius 2 is 2.06 bits per heavy atom. The number of rotatable bonds is 3. The molecule has 1 fully saturated rings. The predicted octanol–water partition coefficient (Wildman–Crippen LogP) is 3.70. The lowest BCUT2D eigenvalue weighted by atomic mass is 9.67. The van der Waals surface area contributed by atoms with Crippen LogP contribution in [-0.2, 0) is 5.54 Å². The molecule has 1 aliphatic rings. The van der Waals surface area contributed by atoms with Crippen LogP contribution < -0.4 is 10.5 Å². The van der Waals surface area contributed by atoms with E-state index in [-0.39, 0.29) is 5.54 Å². The summed E-state index contributed by atoms with van der Waals surface area (Å²) >= 11 is 0. The molecule has 100 valence electrons. The molecule has 1 saturated carbocycles. The fraction of sp³-hybridized carbons (Fsp3) is 0.625. The van der Waals surface area contributed by atoms with Crippen molar-refractivity contribution < 1.29 is 4.74 Å². The first-order valence-corrected chi connectivity index (χ1v) is 7.09. The summed E-state index contributed by atoms with van der Waals surface area (Å²) in [7, 11) is 0. The SMILES string of the molecule is CCOc1ccccc1C1(N)CCC(C)CC1C. The Kier molecular flexibility index (Phi) is 3.96. The van der Waals surface area contributed by atoms with Gasteiger partial charge in [0.1, 0.15) is 5.75 Å². The number of benzene rings is 1. The van der Waals surface area contributed by atoms with Gasteiger partial charge in [-0.2, -0.15) is 0 Å². The maximum Gasteiger partial charge on any atom is 0.124 e. The van der Waals surface area contributed by atoms with E-state index in [1.807, 2.05) is 19.1 Å². The normalized spacial score (nSPS) is 32.2. The maximum atomic E-state index is 6.74. The molecular formula is C16H25NO. The molecule has 3 unspecified atom stereocenters. The summed E-state index contributed by atoms with van der Waals surface area (Å²) in [5.74, 6) is 2.25. The third-order valence-corrected chi connectivity index (χ3v) is 4.37. The first kappa shape index (κ1) is 13.4. The van der Waals surface area contributed by atoms with Gasteiger partial charge in [-0.15, -0.1) is 0 Å². The van der Waals surface area contributed by atoms with E-state index in [4.69, 9.17) is 10.5 Å². The summed E-state index contributed by atoms with van der Waals surface area (Å²) in [4.78, 5) is 0. The highest BCUT2D eigenvalue weighted by Crippen LogP contribution is 2.44. The van der Waals surface area contributed by atoms with Crippen LogP contribution in [0.25, 0.3) is 0 Å². The average molecular weight is 247 g/mol. The van der Waals surface area contributed by atoms with Gasteiger partial charge in [0.15, 0.2) is 0 Å². The molecular weight excluding hydrogens is 222 g/mol. The van der Waals surface area contributed by atoms with Crippen molar-refractivity contribution in [3.63, 3.8) is 0 Å². The monoisotopic (exact) mass is 247 g/mol. The molecule has 2 nitrogen and oxygen atoms in total. The van der Waals surface area contributed by atoms with Crippen LogP contribution in [0.3, 0.4) is 0 Å². The van der Waals surface area contributed by atoms with Crippen LogP contribution >= 0.6 is 0 Å². The molecule has 0 heterocycles. The first-order valence-electron chi connectivity index (χ1n) is 7.09. The van der Waals surface area contributed by atoms with Crippen LogP contribution in [0.1, 0.15) is 45.6 Å². The molecule has 2 rings (SSSR count). The van der Waals surface area contributed by atoms with E-state index in [1.165, 1.54) is 18.4 Å². The van der Waals surface area contributed by atoms with Gasteiger partial charge in [0, 0.05) is 11.1 Å². The molecule has 1 aromatic carbocycles. The summed E-state index contributed by atoms with van der Waals surface area (Å²) in [6, 6.07) is 8.26. The zero-order valence-corrected chi connectivity index (χ0v) is 11.8. The predicted molar refractivity (Wildman–Crippen MR) is 75.7 cm³/mol. The second-order valence-electron chi connectivity index (χ2n) is 5.75. The molecule has 2 N–H and O–H groups in total. The minimum absolute atomic E-state index is 0.224. The summed E-state index contributed by atoms with van der Waals surface area (Å²) < 4.78 is 5.75. The van der Waals surface area contributed by atoms with Crippen LogP contribution in [0.5, 0.6) is 5.75 Å². The lowest BCUT2D eigenvalue weighted by Gasteiger charge is -2.43. The van der Waals surface area contributed by atoms with E-state index >= 15 is 0 Å². The van der Waals surface area contributed by atoms with Crippen LogP contribution in [0, 0.1) is 11.8 Å². The van der Waals surface area contributed by atoms with Gasteiger partial charge >= 0.3 is 0 Å². The Balaban J connectivity index is 2.34. The van der Waals surface area contributed by atoms with Crippen LogP contribution in [0.2, 0.25) is 0 Å². The minimum atomic E-state index is -0.224. The third kappa shape index (κ3) is 2.39. The van der Waals surface area contributed by atoms with Gasteiger partial charge in [-0.1, -0.05) is 32.0 Å². The van der Waals surface area contributed by atoms with Gasteiger partial charge < -0.3 is 10.5 Å². The highest BCUT2D eigenvalue weighted by atomic mass is 16.5. The molecule has 0 spiro atoms. The van der Waals surface area contributed by atoms with Gasteiger partial charge in [0.25, 0.3) is 0 Å². The lowest BCUT2D eigenvalue weighted by Crippen LogP contribution is -2.46. The maximum absolute atomic E-state index is 6.74. The highest BCUT2D eigenvalue weighted by Gasteiger charge is 2.39. The van der Waals surface area contributed by atoms with E-state index in [1.54, 1.807) is 0 Å². The largest absolute Gasteiger partial charge is 0.494 e. The van der Waals surface area contributed by atoms with Gasteiger partial charge in [0.2, 0.25) is 0 Å². The zero-order chi connectivity index (χ0) is 13.2. The summed E-state index contributed by atoms with van der Waals surface area (Å²) in [6.07, 6.45) is 3.47. The topological polar surface area (TPSA) is 35.2 Å². The standard InChI is InChI=1S/C16H25NO/c1-4-18-15-8-6-5-7-14(15)16(17)10-9-12(2)11-13(16)3/h5-8,12-13H,4,9-11,17H2,1-3H3. The summed E-state index contributed by atoms with van der Waals surface area (Å²) in [6.45, 7) is 7.31. The Morgan fingerprint density at radius 1 is 1.33 bits per heavy atom. The molecule has 0 aromatic heterocycles. The molecule has 0 amide bonds. The van der Waals surface area contributed by atoms with Crippen LogP contribution in [0.4, 0.5) is 0 Å².